The van der Waals surface area contributed by atoms with Gasteiger partial charge < -0.3 is 19.2 Å². The summed E-state index contributed by atoms with van der Waals surface area (Å²) in [7, 11) is 0.294. The molecule has 0 amide bonds. The Bertz CT molecular complexity index is 1120. The number of rotatable bonds is 9. The van der Waals surface area contributed by atoms with Crippen molar-refractivity contribution in [2.24, 2.45) is 5.41 Å². The van der Waals surface area contributed by atoms with E-state index in [1.807, 2.05) is 69.2 Å². The Labute approximate surface area is 212 Å². The minimum Gasteiger partial charge on any atom is -0.488 e. The Morgan fingerprint density at radius 2 is 1.71 bits per heavy atom. The SMILES string of the molecule is CC[N+](CC)(CC)CCOc1cccc([C@@H]2c3cc(N(C)C)ccc3S(=O)(=O)CC(C)(C)[C@@H]2O)c1. The van der Waals surface area contributed by atoms with Gasteiger partial charge in [0.05, 0.1) is 36.4 Å². The van der Waals surface area contributed by atoms with Crippen LogP contribution in [0.2, 0.25) is 0 Å². The summed E-state index contributed by atoms with van der Waals surface area (Å²) < 4.78 is 33.9. The van der Waals surface area contributed by atoms with Crippen molar-refractivity contribution < 1.29 is 22.7 Å². The monoisotopic (exact) mass is 503 g/mol. The van der Waals surface area contributed by atoms with Crippen LogP contribution in [-0.2, 0) is 9.84 Å². The average Bonchev–Trinajstić information content (AvgIpc) is 2.87. The van der Waals surface area contributed by atoms with Gasteiger partial charge in [-0.2, -0.15) is 0 Å². The molecule has 1 aliphatic heterocycles. The van der Waals surface area contributed by atoms with Crippen LogP contribution in [0.5, 0.6) is 5.75 Å². The highest BCUT2D eigenvalue weighted by atomic mass is 32.2. The van der Waals surface area contributed by atoms with Crippen LogP contribution in [0.3, 0.4) is 0 Å². The normalized spacial score (nSPS) is 21.1. The number of likely N-dealkylation sites (N-methyl/N-ethyl adjacent to an activating group) is 1. The van der Waals surface area contributed by atoms with E-state index in [-0.39, 0.29) is 5.75 Å². The number of ether oxygens (including phenoxy) is 1. The van der Waals surface area contributed by atoms with Crippen molar-refractivity contribution in [1.82, 2.24) is 0 Å². The maximum Gasteiger partial charge on any atom is 0.179 e. The molecule has 0 unspecified atom stereocenters. The van der Waals surface area contributed by atoms with Gasteiger partial charge in [-0.05, 0) is 62.2 Å². The second-order valence-electron chi connectivity index (χ2n) is 10.7. The van der Waals surface area contributed by atoms with Gasteiger partial charge in [-0.1, -0.05) is 26.0 Å². The predicted molar refractivity (Wildman–Crippen MR) is 143 cm³/mol. The second kappa shape index (κ2) is 10.5. The topological polar surface area (TPSA) is 66.8 Å². The second-order valence-corrected chi connectivity index (χ2v) is 12.7. The standard InChI is InChI=1S/C28H43N2O4S/c1-8-30(9-2,10-3)16-17-34-23-13-11-12-21(18-23)26-24-19-22(29(6)7)14-15-25(24)35(32,33)20-28(4,5)27(26)31/h11-15,18-19,26-27,31H,8-10,16-17,20H2,1-7H3/q+1/t26-,27-/m1/s1. The Morgan fingerprint density at radius 3 is 2.31 bits per heavy atom. The lowest BCUT2D eigenvalue weighted by Crippen LogP contribution is -2.49. The van der Waals surface area contributed by atoms with E-state index in [0.717, 1.165) is 47.7 Å². The predicted octanol–water partition coefficient (Wildman–Crippen LogP) is 4.31. The van der Waals surface area contributed by atoms with Crippen LogP contribution in [0, 0.1) is 5.41 Å². The highest BCUT2D eigenvalue weighted by Crippen LogP contribution is 2.45. The van der Waals surface area contributed by atoms with Crippen LogP contribution in [-0.4, -0.2) is 76.7 Å². The van der Waals surface area contributed by atoms with Gasteiger partial charge in [0, 0.05) is 31.1 Å². The summed E-state index contributed by atoms with van der Waals surface area (Å²) in [6.07, 6.45) is -0.879. The van der Waals surface area contributed by atoms with Gasteiger partial charge in [-0.25, -0.2) is 8.42 Å². The molecule has 0 spiro atoms. The lowest BCUT2D eigenvalue weighted by molar-refractivity contribution is -0.923. The van der Waals surface area contributed by atoms with Crippen LogP contribution in [0.1, 0.15) is 51.7 Å². The third kappa shape index (κ3) is 5.68. The summed E-state index contributed by atoms with van der Waals surface area (Å²) >= 11 is 0. The molecule has 2 aromatic rings. The molecule has 2 atom stereocenters. The molecule has 0 saturated heterocycles. The van der Waals surface area contributed by atoms with Gasteiger partial charge in [-0.3, -0.25) is 0 Å². The quantitative estimate of drug-likeness (QED) is 0.517. The van der Waals surface area contributed by atoms with E-state index in [9.17, 15) is 13.5 Å². The van der Waals surface area contributed by atoms with Crippen molar-refractivity contribution in [3.8, 4) is 5.75 Å². The first kappa shape index (κ1) is 27.5. The summed E-state index contributed by atoms with van der Waals surface area (Å²) in [6.45, 7) is 15.1. The maximum absolute atomic E-state index is 13.3. The van der Waals surface area contributed by atoms with Crippen molar-refractivity contribution >= 4 is 15.5 Å². The van der Waals surface area contributed by atoms with Gasteiger partial charge >= 0.3 is 0 Å². The number of benzene rings is 2. The first-order chi connectivity index (χ1) is 16.4. The molecule has 0 aliphatic carbocycles. The molecule has 7 heteroatoms. The van der Waals surface area contributed by atoms with Crippen LogP contribution in [0.15, 0.2) is 47.4 Å². The summed E-state index contributed by atoms with van der Waals surface area (Å²) in [4.78, 5) is 2.26. The Morgan fingerprint density at radius 1 is 1.06 bits per heavy atom. The van der Waals surface area contributed by atoms with Crippen molar-refractivity contribution in [2.75, 3.05) is 57.5 Å². The fraction of sp³-hybridized carbons (Fsp3) is 0.571. The number of anilines is 1. The first-order valence-corrected chi connectivity index (χ1v) is 14.3. The van der Waals surface area contributed by atoms with E-state index in [0.29, 0.717) is 17.1 Å². The van der Waals surface area contributed by atoms with Crippen molar-refractivity contribution in [2.45, 2.75) is 51.5 Å². The average molecular weight is 504 g/mol. The summed E-state index contributed by atoms with van der Waals surface area (Å²) in [5.41, 5.74) is 1.58. The molecule has 35 heavy (non-hydrogen) atoms. The molecular weight excluding hydrogens is 460 g/mol. The molecule has 3 rings (SSSR count). The largest absolute Gasteiger partial charge is 0.488 e. The van der Waals surface area contributed by atoms with E-state index in [2.05, 4.69) is 20.8 Å². The molecule has 1 N–H and O–H groups in total. The van der Waals surface area contributed by atoms with Crippen LogP contribution in [0.4, 0.5) is 5.69 Å². The molecule has 0 saturated carbocycles. The number of fused-ring (bicyclic) bond motifs is 1. The number of nitrogens with zero attached hydrogens (tertiary/aromatic N) is 2. The summed E-state index contributed by atoms with van der Waals surface area (Å²) in [5, 5.41) is 11.6. The molecular formula is C28H43N2O4S+. The minimum atomic E-state index is -3.56. The van der Waals surface area contributed by atoms with Gasteiger partial charge in [0.1, 0.15) is 18.9 Å². The molecule has 1 aliphatic rings. The molecule has 0 radical (unpaired) electrons. The zero-order valence-electron chi connectivity index (χ0n) is 22.4. The molecule has 6 nitrogen and oxygen atoms in total. The Hall–Kier alpha value is -2.09. The zero-order valence-corrected chi connectivity index (χ0v) is 23.2. The zero-order chi connectivity index (χ0) is 26.0. The van der Waals surface area contributed by atoms with Crippen LogP contribution >= 0.6 is 0 Å². The lowest BCUT2D eigenvalue weighted by Gasteiger charge is -2.35. The van der Waals surface area contributed by atoms with Crippen molar-refractivity contribution in [3.05, 3.63) is 53.6 Å². The number of aliphatic hydroxyl groups is 1. The number of quaternary nitrogens is 1. The maximum atomic E-state index is 13.3. The van der Waals surface area contributed by atoms with Gasteiger partial charge in [-0.15, -0.1) is 0 Å². The highest BCUT2D eigenvalue weighted by Gasteiger charge is 2.45. The first-order valence-electron chi connectivity index (χ1n) is 12.7. The molecule has 0 fully saturated rings. The van der Waals surface area contributed by atoms with Crippen LogP contribution < -0.4 is 9.64 Å². The smallest absolute Gasteiger partial charge is 0.179 e. The van der Waals surface area contributed by atoms with E-state index in [1.54, 1.807) is 6.07 Å². The fourth-order valence-electron chi connectivity index (χ4n) is 5.28. The summed E-state index contributed by atoms with van der Waals surface area (Å²) in [5.74, 6) is 0.150. The third-order valence-electron chi connectivity index (χ3n) is 7.92. The number of hydrogen-bond acceptors (Lipinski definition) is 5. The fourth-order valence-corrected chi connectivity index (χ4v) is 7.40. The van der Waals surface area contributed by atoms with Gasteiger partial charge in [0.2, 0.25) is 0 Å². The van der Waals surface area contributed by atoms with E-state index < -0.39 is 27.3 Å². The summed E-state index contributed by atoms with van der Waals surface area (Å²) in [6, 6.07) is 13.2. The number of sulfone groups is 1. The molecule has 1 heterocycles. The molecule has 0 aromatic heterocycles. The minimum absolute atomic E-state index is 0.104. The Balaban J connectivity index is 2.03. The molecule has 0 bridgehead atoms. The molecule has 194 valence electrons. The van der Waals surface area contributed by atoms with E-state index in [4.69, 9.17) is 4.74 Å². The lowest BCUT2D eigenvalue weighted by atomic mass is 9.75. The van der Waals surface area contributed by atoms with E-state index in [1.165, 1.54) is 0 Å². The number of aliphatic hydroxyl groups excluding tert-OH is 1. The van der Waals surface area contributed by atoms with Gasteiger partial charge in [0.15, 0.2) is 9.84 Å². The van der Waals surface area contributed by atoms with Crippen molar-refractivity contribution in [1.29, 1.82) is 0 Å². The number of hydrogen-bond donors (Lipinski definition) is 1. The van der Waals surface area contributed by atoms with Crippen LogP contribution in [0.25, 0.3) is 0 Å². The van der Waals surface area contributed by atoms with Gasteiger partial charge in [0.25, 0.3) is 0 Å². The van der Waals surface area contributed by atoms with E-state index >= 15 is 0 Å². The highest BCUT2D eigenvalue weighted by molar-refractivity contribution is 7.91. The third-order valence-corrected chi connectivity index (χ3v) is 10.1. The Kier molecular flexibility index (Phi) is 8.24. The van der Waals surface area contributed by atoms with Crippen molar-refractivity contribution in [3.63, 3.8) is 0 Å². The molecule has 2 aromatic carbocycles.